The van der Waals surface area contributed by atoms with Crippen LogP contribution in [0, 0.1) is 11.8 Å². The van der Waals surface area contributed by atoms with Crippen molar-refractivity contribution in [2.45, 2.75) is 59.4 Å². The molecule has 1 saturated heterocycles. The molecular formula is C17H26O2. The third-order valence-corrected chi connectivity index (χ3v) is 3.93. The summed E-state index contributed by atoms with van der Waals surface area (Å²) in [7, 11) is 0. The van der Waals surface area contributed by atoms with Crippen LogP contribution in [0.25, 0.3) is 0 Å². The molecule has 19 heavy (non-hydrogen) atoms. The van der Waals surface area contributed by atoms with Crippen LogP contribution < -0.4 is 4.74 Å². The minimum absolute atomic E-state index is 0.261. The van der Waals surface area contributed by atoms with Gasteiger partial charge in [0.2, 0.25) is 0 Å². The van der Waals surface area contributed by atoms with E-state index in [4.69, 9.17) is 9.47 Å². The fourth-order valence-electron chi connectivity index (χ4n) is 2.70. The first kappa shape index (κ1) is 14.4. The largest absolute Gasteiger partial charge is 0.491 e. The number of benzene rings is 1. The lowest BCUT2D eigenvalue weighted by Crippen LogP contribution is -2.38. The Hall–Kier alpha value is -1.02. The standard InChI is InChI=1S/C17H26O2/c1-11(2)10-12(3)18-16-8-6-15(7-9-16)17-13(4)14(5)19-17/h6-9,11-14,17H,10H2,1-5H3. The van der Waals surface area contributed by atoms with Crippen molar-refractivity contribution >= 4 is 0 Å². The van der Waals surface area contributed by atoms with E-state index in [0.717, 1.165) is 12.2 Å². The summed E-state index contributed by atoms with van der Waals surface area (Å²) in [5, 5.41) is 0. The molecule has 0 bridgehead atoms. The maximum atomic E-state index is 5.92. The third-order valence-electron chi connectivity index (χ3n) is 3.93. The van der Waals surface area contributed by atoms with Gasteiger partial charge in [-0.3, -0.25) is 0 Å². The molecule has 2 rings (SSSR count). The molecule has 0 spiro atoms. The monoisotopic (exact) mass is 262 g/mol. The van der Waals surface area contributed by atoms with Crippen molar-refractivity contribution in [2.24, 2.45) is 11.8 Å². The zero-order valence-electron chi connectivity index (χ0n) is 12.7. The molecule has 2 nitrogen and oxygen atoms in total. The summed E-state index contributed by atoms with van der Waals surface area (Å²) in [6.45, 7) is 11.0. The minimum atomic E-state index is 0.261. The van der Waals surface area contributed by atoms with E-state index in [-0.39, 0.29) is 12.2 Å². The average molecular weight is 262 g/mol. The van der Waals surface area contributed by atoms with Crippen molar-refractivity contribution in [3.63, 3.8) is 0 Å². The van der Waals surface area contributed by atoms with E-state index >= 15 is 0 Å². The van der Waals surface area contributed by atoms with Gasteiger partial charge in [0.05, 0.1) is 18.3 Å². The lowest BCUT2D eigenvalue weighted by atomic mass is 9.87. The Bertz CT molecular complexity index is 396. The smallest absolute Gasteiger partial charge is 0.119 e. The SMILES string of the molecule is CC(C)CC(C)Oc1ccc(C2OC(C)C2C)cc1. The molecule has 1 aliphatic heterocycles. The van der Waals surface area contributed by atoms with Crippen molar-refractivity contribution in [3.05, 3.63) is 29.8 Å². The minimum Gasteiger partial charge on any atom is -0.491 e. The Kier molecular flexibility index (Phi) is 4.51. The fraction of sp³-hybridized carbons (Fsp3) is 0.647. The molecule has 1 aromatic rings. The molecule has 4 unspecified atom stereocenters. The Morgan fingerprint density at radius 1 is 1.11 bits per heavy atom. The molecule has 0 aliphatic carbocycles. The summed E-state index contributed by atoms with van der Waals surface area (Å²) < 4.78 is 11.7. The fourth-order valence-corrected chi connectivity index (χ4v) is 2.70. The van der Waals surface area contributed by atoms with Gasteiger partial charge in [0.1, 0.15) is 5.75 Å². The van der Waals surface area contributed by atoms with Gasteiger partial charge in [0.15, 0.2) is 0 Å². The van der Waals surface area contributed by atoms with Gasteiger partial charge in [-0.2, -0.15) is 0 Å². The lowest BCUT2D eigenvalue weighted by molar-refractivity contribution is -0.170. The zero-order valence-corrected chi connectivity index (χ0v) is 12.7. The Morgan fingerprint density at radius 2 is 1.74 bits per heavy atom. The predicted octanol–water partition coefficient (Wildman–Crippen LogP) is 4.60. The molecule has 1 fully saturated rings. The highest BCUT2D eigenvalue weighted by Gasteiger charge is 2.36. The van der Waals surface area contributed by atoms with Crippen LogP contribution in [0.3, 0.4) is 0 Å². The highest BCUT2D eigenvalue weighted by molar-refractivity contribution is 5.30. The molecule has 0 N–H and O–H groups in total. The second-order valence-corrected chi connectivity index (χ2v) is 6.25. The van der Waals surface area contributed by atoms with Gasteiger partial charge in [0, 0.05) is 5.92 Å². The van der Waals surface area contributed by atoms with Crippen LogP contribution in [0.4, 0.5) is 0 Å². The van der Waals surface area contributed by atoms with Crippen LogP contribution in [-0.2, 0) is 4.74 Å². The van der Waals surface area contributed by atoms with Gasteiger partial charge < -0.3 is 9.47 Å². The topological polar surface area (TPSA) is 18.5 Å². The number of hydrogen-bond acceptors (Lipinski definition) is 2. The molecule has 1 heterocycles. The van der Waals surface area contributed by atoms with Crippen LogP contribution in [0.1, 0.15) is 52.7 Å². The van der Waals surface area contributed by atoms with Gasteiger partial charge in [-0.15, -0.1) is 0 Å². The van der Waals surface area contributed by atoms with E-state index in [1.807, 2.05) is 0 Å². The van der Waals surface area contributed by atoms with E-state index in [1.54, 1.807) is 0 Å². The molecule has 0 saturated carbocycles. The second-order valence-electron chi connectivity index (χ2n) is 6.25. The summed E-state index contributed by atoms with van der Waals surface area (Å²) in [4.78, 5) is 0. The van der Waals surface area contributed by atoms with Crippen molar-refractivity contribution in [3.8, 4) is 5.75 Å². The lowest BCUT2D eigenvalue weighted by Gasteiger charge is -2.41. The summed E-state index contributed by atoms with van der Waals surface area (Å²) in [6, 6.07) is 8.38. The summed E-state index contributed by atoms with van der Waals surface area (Å²) in [5.41, 5.74) is 1.26. The molecular weight excluding hydrogens is 236 g/mol. The van der Waals surface area contributed by atoms with Crippen LogP contribution in [0.5, 0.6) is 5.75 Å². The molecule has 1 aliphatic rings. The van der Waals surface area contributed by atoms with E-state index in [2.05, 4.69) is 58.9 Å². The summed E-state index contributed by atoms with van der Waals surface area (Å²) >= 11 is 0. The van der Waals surface area contributed by atoms with Crippen molar-refractivity contribution in [1.29, 1.82) is 0 Å². The van der Waals surface area contributed by atoms with E-state index < -0.39 is 0 Å². The Labute approximate surface area is 117 Å². The van der Waals surface area contributed by atoms with Crippen LogP contribution in [-0.4, -0.2) is 12.2 Å². The van der Waals surface area contributed by atoms with Gasteiger partial charge in [0.25, 0.3) is 0 Å². The average Bonchev–Trinajstić information content (AvgIpc) is 2.35. The summed E-state index contributed by atoms with van der Waals surface area (Å²) in [6.07, 6.45) is 2.00. The second kappa shape index (κ2) is 5.96. The van der Waals surface area contributed by atoms with Gasteiger partial charge in [-0.1, -0.05) is 32.9 Å². The maximum absolute atomic E-state index is 5.92. The molecule has 0 amide bonds. The normalized spacial score (nSPS) is 28.0. The quantitative estimate of drug-likeness (QED) is 0.772. The van der Waals surface area contributed by atoms with Crippen LogP contribution in [0.15, 0.2) is 24.3 Å². The van der Waals surface area contributed by atoms with Crippen molar-refractivity contribution < 1.29 is 9.47 Å². The van der Waals surface area contributed by atoms with Crippen LogP contribution in [0.2, 0.25) is 0 Å². The first-order chi connectivity index (χ1) is 8.97. The predicted molar refractivity (Wildman–Crippen MR) is 78.4 cm³/mol. The van der Waals surface area contributed by atoms with Gasteiger partial charge in [-0.05, 0) is 43.9 Å². The Morgan fingerprint density at radius 3 is 2.21 bits per heavy atom. The molecule has 106 valence electrons. The van der Waals surface area contributed by atoms with E-state index in [1.165, 1.54) is 5.56 Å². The first-order valence-corrected chi connectivity index (χ1v) is 7.39. The van der Waals surface area contributed by atoms with Crippen molar-refractivity contribution in [2.75, 3.05) is 0 Å². The molecule has 0 aromatic heterocycles. The summed E-state index contributed by atoms with van der Waals surface area (Å²) in [5.74, 6) is 2.23. The van der Waals surface area contributed by atoms with E-state index in [9.17, 15) is 0 Å². The molecule has 4 atom stereocenters. The highest BCUT2D eigenvalue weighted by atomic mass is 16.5. The van der Waals surface area contributed by atoms with Gasteiger partial charge >= 0.3 is 0 Å². The first-order valence-electron chi connectivity index (χ1n) is 7.39. The number of ether oxygens (including phenoxy) is 2. The van der Waals surface area contributed by atoms with Crippen molar-refractivity contribution in [1.82, 2.24) is 0 Å². The Balaban J connectivity index is 1.92. The molecule has 1 aromatic carbocycles. The number of rotatable bonds is 5. The molecule has 2 heteroatoms. The van der Waals surface area contributed by atoms with E-state index in [0.29, 0.717) is 17.9 Å². The van der Waals surface area contributed by atoms with Gasteiger partial charge in [-0.25, -0.2) is 0 Å². The molecule has 0 radical (unpaired) electrons. The number of hydrogen-bond donors (Lipinski definition) is 0. The maximum Gasteiger partial charge on any atom is 0.119 e. The zero-order chi connectivity index (χ0) is 14.0. The van der Waals surface area contributed by atoms with Crippen LogP contribution >= 0.6 is 0 Å². The third kappa shape index (κ3) is 3.50. The highest BCUT2D eigenvalue weighted by Crippen LogP contribution is 2.40.